The summed E-state index contributed by atoms with van der Waals surface area (Å²) >= 11 is 0. The summed E-state index contributed by atoms with van der Waals surface area (Å²) in [4.78, 5) is 13.7. The highest BCUT2D eigenvalue weighted by atomic mass is 35.5. The maximum Gasteiger partial charge on any atom is 0.222 e. The molecule has 136 valence electrons. The van der Waals surface area contributed by atoms with Crippen molar-refractivity contribution in [2.75, 3.05) is 33.3 Å². The van der Waals surface area contributed by atoms with Crippen molar-refractivity contribution in [1.29, 1.82) is 0 Å². The SMILES string of the molecule is CN(CC(O)COCc1ccccc1)C(=O)CCC1CCNC1.Cl. The smallest absolute Gasteiger partial charge is 0.222 e. The number of nitrogens with one attached hydrogen (secondary N) is 1. The Hall–Kier alpha value is -1.14. The first kappa shape index (κ1) is 20.9. The summed E-state index contributed by atoms with van der Waals surface area (Å²) in [5.41, 5.74) is 1.08. The third-order valence-corrected chi connectivity index (χ3v) is 4.26. The first-order valence-electron chi connectivity index (χ1n) is 8.39. The molecule has 1 aromatic rings. The van der Waals surface area contributed by atoms with Crippen LogP contribution in [0, 0.1) is 5.92 Å². The fraction of sp³-hybridized carbons (Fsp3) is 0.611. The van der Waals surface area contributed by atoms with Gasteiger partial charge in [0.2, 0.25) is 5.91 Å². The molecular weight excluding hydrogens is 328 g/mol. The van der Waals surface area contributed by atoms with Gasteiger partial charge in [0, 0.05) is 20.0 Å². The molecule has 1 amide bonds. The van der Waals surface area contributed by atoms with Gasteiger partial charge in [-0.1, -0.05) is 30.3 Å². The summed E-state index contributed by atoms with van der Waals surface area (Å²) in [6.07, 6.45) is 1.99. The van der Waals surface area contributed by atoms with E-state index in [1.807, 2.05) is 30.3 Å². The monoisotopic (exact) mass is 356 g/mol. The molecular formula is C18H29ClN2O3. The van der Waals surface area contributed by atoms with Gasteiger partial charge in [0.1, 0.15) is 0 Å². The van der Waals surface area contributed by atoms with Crippen molar-refractivity contribution in [1.82, 2.24) is 10.2 Å². The fourth-order valence-corrected chi connectivity index (χ4v) is 2.84. The van der Waals surface area contributed by atoms with Crippen LogP contribution in [-0.2, 0) is 16.1 Å². The second kappa shape index (κ2) is 11.4. The van der Waals surface area contributed by atoms with Gasteiger partial charge in [-0.3, -0.25) is 4.79 Å². The number of hydrogen-bond donors (Lipinski definition) is 2. The molecule has 1 aliphatic heterocycles. The molecule has 0 bridgehead atoms. The number of carbonyl (C=O) groups is 1. The normalized spacial score (nSPS) is 18.0. The lowest BCUT2D eigenvalue weighted by Crippen LogP contribution is -2.36. The molecule has 1 aromatic carbocycles. The number of likely N-dealkylation sites (N-methyl/N-ethyl adjacent to an activating group) is 1. The number of halogens is 1. The van der Waals surface area contributed by atoms with Crippen LogP contribution in [0.5, 0.6) is 0 Å². The number of aliphatic hydroxyl groups excluding tert-OH is 1. The molecule has 2 N–H and O–H groups in total. The molecule has 2 atom stereocenters. The van der Waals surface area contributed by atoms with Gasteiger partial charge in [-0.2, -0.15) is 0 Å². The van der Waals surface area contributed by atoms with Crippen molar-refractivity contribution in [2.45, 2.75) is 32.0 Å². The number of ether oxygens (including phenoxy) is 1. The van der Waals surface area contributed by atoms with Crippen molar-refractivity contribution in [2.24, 2.45) is 5.92 Å². The van der Waals surface area contributed by atoms with Crippen LogP contribution in [0.15, 0.2) is 30.3 Å². The number of amides is 1. The van der Waals surface area contributed by atoms with Crippen molar-refractivity contribution in [3.8, 4) is 0 Å². The van der Waals surface area contributed by atoms with Crippen LogP contribution in [0.3, 0.4) is 0 Å². The van der Waals surface area contributed by atoms with Gasteiger partial charge in [-0.25, -0.2) is 0 Å². The minimum Gasteiger partial charge on any atom is -0.389 e. The van der Waals surface area contributed by atoms with E-state index in [1.54, 1.807) is 11.9 Å². The van der Waals surface area contributed by atoms with Crippen LogP contribution in [0.4, 0.5) is 0 Å². The fourth-order valence-electron chi connectivity index (χ4n) is 2.84. The van der Waals surface area contributed by atoms with Crippen LogP contribution in [0.1, 0.15) is 24.8 Å². The van der Waals surface area contributed by atoms with Gasteiger partial charge < -0.3 is 20.1 Å². The Bertz CT molecular complexity index is 467. The molecule has 6 heteroatoms. The minimum atomic E-state index is -0.652. The summed E-state index contributed by atoms with van der Waals surface area (Å²) in [5.74, 6) is 0.713. The average Bonchev–Trinajstić information content (AvgIpc) is 3.07. The first-order valence-corrected chi connectivity index (χ1v) is 8.39. The largest absolute Gasteiger partial charge is 0.389 e. The van der Waals surface area contributed by atoms with Gasteiger partial charge >= 0.3 is 0 Å². The summed E-state index contributed by atoms with van der Waals surface area (Å²) in [7, 11) is 1.75. The molecule has 0 saturated carbocycles. The van der Waals surface area contributed by atoms with E-state index in [0.717, 1.165) is 31.5 Å². The molecule has 0 aliphatic carbocycles. The number of hydrogen-bond acceptors (Lipinski definition) is 4. The third-order valence-electron chi connectivity index (χ3n) is 4.26. The molecule has 2 rings (SSSR count). The second-order valence-corrected chi connectivity index (χ2v) is 6.33. The quantitative estimate of drug-likeness (QED) is 0.708. The van der Waals surface area contributed by atoms with Crippen molar-refractivity contribution in [3.63, 3.8) is 0 Å². The van der Waals surface area contributed by atoms with Crippen molar-refractivity contribution in [3.05, 3.63) is 35.9 Å². The molecule has 5 nitrogen and oxygen atoms in total. The number of aliphatic hydroxyl groups is 1. The van der Waals surface area contributed by atoms with Gasteiger partial charge in [0.05, 0.1) is 19.3 Å². The van der Waals surface area contributed by atoms with Gasteiger partial charge in [0.25, 0.3) is 0 Å². The summed E-state index contributed by atoms with van der Waals surface area (Å²) in [6.45, 7) is 3.11. The highest BCUT2D eigenvalue weighted by Gasteiger charge is 2.18. The van der Waals surface area contributed by atoms with Gasteiger partial charge in [-0.05, 0) is 37.4 Å². The molecule has 0 radical (unpaired) electrons. The number of carbonyl (C=O) groups excluding carboxylic acids is 1. The Morgan fingerprint density at radius 2 is 2.17 bits per heavy atom. The van der Waals surface area contributed by atoms with E-state index >= 15 is 0 Å². The zero-order valence-electron chi connectivity index (χ0n) is 14.3. The molecule has 0 aromatic heterocycles. The molecule has 1 saturated heterocycles. The lowest BCUT2D eigenvalue weighted by Gasteiger charge is -2.21. The zero-order chi connectivity index (χ0) is 16.5. The van der Waals surface area contributed by atoms with E-state index in [2.05, 4.69) is 5.32 Å². The summed E-state index contributed by atoms with van der Waals surface area (Å²) in [6, 6.07) is 9.85. The number of nitrogens with zero attached hydrogens (tertiary/aromatic N) is 1. The molecule has 0 spiro atoms. The van der Waals surface area contributed by atoms with E-state index in [9.17, 15) is 9.90 Å². The van der Waals surface area contributed by atoms with Crippen molar-refractivity contribution < 1.29 is 14.6 Å². The predicted octanol–water partition coefficient (Wildman–Crippen LogP) is 1.83. The molecule has 2 unspecified atom stereocenters. The van der Waals surface area contributed by atoms with Crippen LogP contribution < -0.4 is 5.32 Å². The Kier molecular flexibility index (Phi) is 9.95. The van der Waals surface area contributed by atoms with Crippen LogP contribution in [-0.4, -0.2) is 55.3 Å². The minimum absolute atomic E-state index is 0. The third kappa shape index (κ3) is 7.62. The molecule has 1 fully saturated rings. The highest BCUT2D eigenvalue weighted by Crippen LogP contribution is 2.15. The Morgan fingerprint density at radius 3 is 2.83 bits per heavy atom. The highest BCUT2D eigenvalue weighted by molar-refractivity contribution is 5.85. The zero-order valence-corrected chi connectivity index (χ0v) is 15.1. The van der Waals surface area contributed by atoms with Crippen LogP contribution >= 0.6 is 12.4 Å². The van der Waals surface area contributed by atoms with E-state index in [4.69, 9.17) is 4.74 Å². The first-order chi connectivity index (χ1) is 11.1. The van der Waals surface area contributed by atoms with Crippen LogP contribution in [0.2, 0.25) is 0 Å². The summed E-state index contributed by atoms with van der Waals surface area (Å²) in [5, 5.41) is 13.3. The number of rotatable bonds is 9. The standard InChI is InChI=1S/C18H28N2O3.ClH/c1-20(18(22)8-7-15-9-10-19-11-15)12-17(21)14-23-13-16-5-3-2-4-6-16;/h2-6,15,17,19,21H,7-14H2,1H3;1H. The topological polar surface area (TPSA) is 61.8 Å². The van der Waals surface area contributed by atoms with E-state index < -0.39 is 6.10 Å². The Labute approximate surface area is 150 Å². The number of benzene rings is 1. The molecule has 1 heterocycles. The summed E-state index contributed by atoms with van der Waals surface area (Å²) < 4.78 is 5.51. The Balaban J connectivity index is 0.00000288. The van der Waals surface area contributed by atoms with Crippen molar-refractivity contribution >= 4 is 18.3 Å². The van der Waals surface area contributed by atoms with Crippen LogP contribution in [0.25, 0.3) is 0 Å². The molecule has 24 heavy (non-hydrogen) atoms. The van der Waals surface area contributed by atoms with E-state index in [-0.39, 0.29) is 24.9 Å². The Morgan fingerprint density at radius 1 is 1.42 bits per heavy atom. The second-order valence-electron chi connectivity index (χ2n) is 6.33. The van der Waals surface area contributed by atoms with E-state index in [0.29, 0.717) is 25.5 Å². The van der Waals surface area contributed by atoms with Gasteiger partial charge in [0.15, 0.2) is 0 Å². The van der Waals surface area contributed by atoms with Gasteiger partial charge in [-0.15, -0.1) is 12.4 Å². The maximum atomic E-state index is 12.1. The lowest BCUT2D eigenvalue weighted by molar-refractivity contribution is -0.132. The lowest BCUT2D eigenvalue weighted by atomic mass is 10.0. The predicted molar refractivity (Wildman–Crippen MR) is 97.2 cm³/mol. The maximum absolute atomic E-state index is 12.1. The molecule has 1 aliphatic rings. The average molecular weight is 357 g/mol. The van der Waals surface area contributed by atoms with E-state index in [1.165, 1.54) is 0 Å².